The zero-order valence-electron chi connectivity index (χ0n) is 8.23. The highest BCUT2D eigenvalue weighted by Gasteiger charge is 2.28. The first-order valence-electron chi connectivity index (χ1n) is 4.13. The van der Waals surface area contributed by atoms with Gasteiger partial charge in [0.2, 0.25) is 0 Å². The van der Waals surface area contributed by atoms with Crippen molar-refractivity contribution in [2.75, 3.05) is 24.7 Å². The number of methoxy groups -OCH3 is 1. The molecule has 0 aliphatic rings. The third kappa shape index (κ3) is 3.06. The maximum absolute atomic E-state index is 12.0. The average molecular weight is 256 g/mol. The van der Waals surface area contributed by atoms with Crippen molar-refractivity contribution in [2.24, 2.45) is 0 Å². The standard InChI is InChI=1S/C8H9ClF3N3O/c1-16-6-5(15-3-8(10,11)12)4(13)2-14-7(6)9/h2H,3,13H2,1H3,(H,14,15). The van der Waals surface area contributed by atoms with Gasteiger partial charge in [-0.2, -0.15) is 13.2 Å². The van der Waals surface area contributed by atoms with Gasteiger partial charge in [0.05, 0.1) is 19.0 Å². The summed E-state index contributed by atoms with van der Waals surface area (Å²) in [5, 5.41) is 2.06. The van der Waals surface area contributed by atoms with Gasteiger partial charge in [-0.05, 0) is 0 Å². The van der Waals surface area contributed by atoms with Crippen molar-refractivity contribution in [3.8, 4) is 5.75 Å². The summed E-state index contributed by atoms with van der Waals surface area (Å²) in [4.78, 5) is 3.65. The number of nitrogens with two attached hydrogens (primary N) is 1. The number of aromatic nitrogens is 1. The van der Waals surface area contributed by atoms with E-state index in [9.17, 15) is 13.2 Å². The van der Waals surface area contributed by atoms with Crippen LogP contribution in [0, 0.1) is 0 Å². The second kappa shape index (κ2) is 4.65. The lowest BCUT2D eigenvalue weighted by molar-refractivity contribution is -0.115. The molecule has 0 aliphatic carbocycles. The van der Waals surface area contributed by atoms with E-state index in [1.54, 1.807) is 0 Å². The van der Waals surface area contributed by atoms with E-state index in [1.807, 2.05) is 0 Å². The molecule has 1 aromatic rings. The lowest BCUT2D eigenvalue weighted by Crippen LogP contribution is -2.22. The Morgan fingerprint density at radius 1 is 1.56 bits per heavy atom. The number of nitrogens with zero attached hydrogens (tertiary/aromatic N) is 1. The van der Waals surface area contributed by atoms with E-state index in [0.717, 1.165) is 6.20 Å². The zero-order chi connectivity index (χ0) is 12.3. The molecule has 90 valence electrons. The van der Waals surface area contributed by atoms with Crippen LogP contribution in [0.25, 0.3) is 0 Å². The molecule has 0 fully saturated rings. The Morgan fingerprint density at radius 3 is 2.69 bits per heavy atom. The van der Waals surface area contributed by atoms with Gasteiger partial charge in [0.25, 0.3) is 0 Å². The molecule has 0 bridgehead atoms. The van der Waals surface area contributed by atoms with Crippen LogP contribution in [0.5, 0.6) is 5.75 Å². The maximum Gasteiger partial charge on any atom is 0.405 e. The number of hydrogen-bond acceptors (Lipinski definition) is 4. The summed E-state index contributed by atoms with van der Waals surface area (Å²) in [6.45, 7) is -1.23. The van der Waals surface area contributed by atoms with Crippen molar-refractivity contribution in [1.29, 1.82) is 0 Å². The molecule has 4 nitrogen and oxygen atoms in total. The van der Waals surface area contributed by atoms with Crippen LogP contribution in [0.2, 0.25) is 5.15 Å². The molecule has 16 heavy (non-hydrogen) atoms. The van der Waals surface area contributed by atoms with Crippen LogP contribution in [0.1, 0.15) is 0 Å². The first kappa shape index (κ1) is 12.7. The number of halogens is 4. The smallest absolute Gasteiger partial charge is 0.405 e. The van der Waals surface area contributed by atoms with Gasteiger partial charge in [-0.25, -0.2) is 4.98 Å². The number of nitrogen functional groups attached to an aromatic ring is 1. The minimum Gasteiger partial charge on any atom is -0.491 e. The van der Waals surface area contributed by atoms with Crippen molar-refractivity contribution in [2.45, 2.75) is 6.18 Å². The summed E-state index contributed by atoms with van der Waals surface area (Å²) in [5.41, 5.74) is 5.48. The molecule has 0 saturated carbocycles. The molecule has 0 saturated heterocycles. The predicted molar refractivity (Wildman–Crippen MR) is 54.8 cm³/mol. The van der Waals surface area contributed by atoms with Crippen molar-refractivity contribution in [3.63, 3.8) is 0 Å². The van der Waals surface area contributed by atoms with E-state index in [2.05, 4.69) is 10.3 Å². The highest BCUT2D eigenvalue weighted by atomic mass is 35.5. The predicted octanol–water partition coefficient (Wildman–Crippen LogP) is 2.30. The molecule has 0 atom stereocenters. The Balaban J connectivity index is 2.98. The lowest BCUT2D eigenvalue weighted by atomic mass is 10.3. The van der Waals surface area contributed by atoms with Crippen LogP contribution in [-0.2, 0) is 0 Å². The average Bonchev–Trinajstić information content (AvgIpc) is 2.17. The molecule has 3 N–H and O–H groups in total. The van der Waals surface area contributed by atoms with Crippen LogP contribution in [0.4, 0.5) is 24.5 Å². The minimum absolute atomic E-state index is 0.00841. The monoisotopic (exact) mass is 255 g/mol. The fraction of sp³-hybridized carbons (Fsp3) is 0.375. The van der Waals surface area contributed by atoms with Crippen LogP contribution in [0.3, 0.4) is 0 Å². The van der Waals surface area contributed by atoms with Gasteiger partial charge < -0.3 is 15.8 Å². The normalized spacial score (nSPS) is 11.3. The number of alkyl halides is 3. The van der Waals surface area contributed by atoms with E-state index in [-0.39, 0.29) is 22.3 Å². The topological polar surface area (TPSA) is 60.2 Å². The molecule has 0 radical (unpaired) electrons. The molecule has 1 aromatic heterocycles. The zero-order valence-corrected chi connectivity index (χ0v) is 8.99. The summed E-state index contributed by atoms with van der Waals surface area (Å²) >= 11 is 5.64. The van der Waals surface area contributed by atoms with Crippen molar-refractivity contribution >= 4 is 23.0 Å². The number of nitrogens with one attached hydrogen (secondary N) is 1. The summed E-state index contributed by atoms with van der Waals surface area (Å²) in [6.07, 6.45) is -3.20. The Morgan fingerprint density at radius 2 is 2.19 bits per heavy atom. The number of anilines is 2. The SMILES string of the molecule is COc1c(Cl)ncc(N)c1NCC(F)(F)F. The summed E-state index contributed by atoms with van der Waals surface area (Å²) < 4.78 is 40.9. The van der Waals surface area contributed by atoms with E-state index in [4.69, 9.17) is 22.1 Å². The molecule has 0 spiro atoms. The lowest BCUT2D eigenvalue weighted by Gasteiger charge is -2.15. The molecular weight excluding hydrogens is 247 g/mol. The Labute approximate surface area is 94.5 Å². The number of ether oxygens (including phenoxy) is 1. The third-order valence-electron chi connectivity index (χ3n) is 1.69. The highest BCUT2D eigenvalue weighted by Crippen LogP contribution is 2.36. The van der Waals surface area contributed by atoms with E-state index in [0.29, 0.717) is 0 Å². The molecule has 0 amide bonds. The largest absolute Gasteiger partial charge is 0.491 e. The van der Waals surface area contributed by atoms with Gasteiger partial charge in [-0.3, -0.25) is 0 Å². The minimum atomic E-state index is -4.35. The molecule has 1 heterocycles. The van der Waals surface area contributed by atoms with Crippen molar-refractivity contribution < 1.29 is 17.9 Å². The molecule has 0 unspecified atom stereocenters. The first-order valence-corrected chi connectivity index (χ1v) is 4.51. The quantitative estimate of drug-likeness (QED) is 0.814. The van der Waals surface area contributed by atoms with Crippen molar-refractivity contribution in [3.05, 3.63) is 11.3 Å². The fourth-order valence-electron chi connectivity index (χ4n) is 1.04. The fourth-order valence-corrected chi connectivity index (χ4v) is 1.26. The number of hydrogen-bond donors (Lipinski definition) is 2. The van der Waals surface area contributed by atoms with E-state index in [1.165, 1.54) is 7.11 Å². The molecule has 0 aliphatic heterocycles. The van der Waals surface area contributed by atoms with Crippen LogP contribution in [0.15, 0.2) is 6.20 Å². The third-order valence-corrected chi connectivity index (χ3v) is 1.96. The maximum atomic E-state index is 12.0. The first-order chi connectivity index (χ1) is 7.35. The Kier molecular flexibility index (Phi) is 3.69. The second-order valence-electron chi connectivity index (χ2n) is 2.88. The van der Waals surface area contributed by atoms with Gasteiger partial charge in [-0.15, -0.1) is 0 Å². The van der Waals surface area contributed by atoms with E-state index < -0.39 is 12.7 Å². The Bertz CT molecular complexity index is 384. The Hall–Kier alpha value is -1.37. The van der Waals surface area contributed by atoms with Crippen LogP contribution >= 0.6 is 11.6 Å². The number of pyridine rings is 1. The van der Waals surface area contributed by atoms with E-state index >= 15 is 0 Å². The molecular formula is C8H9ClF3N3O. The molecule has 8 heteroatoms. The number of rotatable bonds is 3. The highest BCUT2D eigenvalue weighted by molar-refractivity contribution is 6.31. The second-order valence-corrected chi connectivity index (χ2v) is 3.24. The summed E-state index contributed by atoms with van der Waals surface area (Å²) in [7, 11) is 1.26. The van der Waals surface area contributed by atoms with Gasteiger partial charge in [-0.1, -0.05) is 11.6 Å². The van der Waals surface area contributed by atoms with Crippen LogP contribution < -0.4 is 15.8 Å². The summed E-state index contributed by atoms with van der Waals surface area (Å²) in [6, 6.07) is 0. The van der Waals surface area contributed by atoms with Gasteiger partial charge in [0.1, 0.15) is 12.2 Å². The van der Waals surface area contributed by atoms with Crippen molar-refractivity contribution in [1.82, 2.24) is 4.98 Å². The molecule has 1 rings (SSSR count). The molecule has 0 aromatic carbocycles. The summed E-state index contributed by atoms with van der Waals surface area (Å²) in [5.74, 6) is -0.00841. The van der Waals surface area contributed by atoms with Gasteiger partial charge in [0, 0.05) is 0 Å². The van der Waals surface area contributed by atoms with Gasteiger partial charge in [0.15, 0.2) is 10.9 Å². The van der Waals surface area contributed by atoms with Crippen LogP contribution in [-0.4, -0.2) is 24.8 Å². The van der Waals surface area contributed by atoms with Gasteiger partial charge >= 0.3 is 6.18 Å².